The molecule has 1 saturated carbocycles. The standard InChI is InChI=1S/C29H39F/c1-2-3-4-7-25-15-19-28(20-16-25)29-21-17-27(18-22-29)14-13-26-11-9-24(10-12-26)8-5-6-23-30/h5,8,15-22,24,26H,2-4,6-7,9-14,23H2,1H3. The van der Waals surface area contributed by atoms with Gasteiger partial charge in [-0.1, -0.05) is 80.4 Å². The molecule has 2 aromatic carbocycles. The van der Waals surface area contributed by atoms with Gasteiger partial charge in [0.1, 0.15) is 0 Å². The van der Waals surface area contributed by atoms with Crippen molar-refractivity contribution in [1.82, 2.24) is 0 Å². The zero-order chi connectivity index (χ0) is 21.0. The minimum Gasteiger partial charge on any atom is -0.251 e. The van der Waals surface area contributed by atoms with Crippen LogP contribution in [0.1, 0.15) is 75.8 Å². The van der Waals surface area contributed by atoms with E-state index in [9.17, 15) is 4.39 Å². The number of hydrogen-bond acceptors (Lipinski definition) is 0. The van der Waals surface area contributed by atoms with Crippen molar-refractivity contribution in [2.45, 2.75) is 77.6 Å². The smallest absolute Gasteiger partial charge is 0.0928 e. The van der Waals surface area contributed by atoms with Crippen LogP contribution in [0.5, 0.6) is 0 Å². The summed E-state index contributed by atoms with van der Waals surface area (Å²) in [6.45, 7) is 2.03. The van der Waals surface area contributed by atoms with E-state index < -0.39 is 0 Å². The van der Waals surface area contributed by atoms with E-state index in [1.165, 1.54) is 86.5 Å². The Bertz CT molecular complexity index is 733. The van der Waals surface area contributed by atoms with E-state index in [4.69, 9.17) is 0 Å². The Labute approximate surface area is 183 Å². The summed E-state index contributed by atoms with van der Waals surface area (Å²) >= 11 is 0. The first-order chi connectivity index (χ1) is 14.8. The minimum absolute atomic E-state index is 0.227. The molecule has 0 aliphatic heterocycles. The highest BCUT2D eigenvalue weighted by Gasteiger charge is 2.19. The van der Waals surface area contributed by atoms with Gasteiger partial charge in [-0.05, 0) is 91.9 Å². The van der Waals surface area contributed by atoms with Gasteiger partial charge in [-0.3, -0.25) is 4.39 Å². The zero-order valence-corrected chi connectivity index (χ0v) is 18.8. The van der Waals surface area contributed by atoms with Crippen LogP contribution in [0.15, 0.2) is 60.7 Å². The molecule has 0 saturated heterocycles. The van der Waals surface area contributed by atoms with Gasteiger partial charge in [-0.15, -0.1) is 0 Å². The second-order valence-corrected chi connectivity index (χ2v) is 9.08. The topological polar surface area (TPSA) is 0 Å². The lowest BCUT2D eigenvalue weighted by atomic mass is 9.79. The summed E-state index contributed by atoms with van der Waals surface area (Å²) in [6.07, 6.45) is 17.7. The Kier molecular flexibility index (Phi) is 9.67. The number of aryl methyl sites for hydroxylation is 2. The number of benzene rings is 2. The fourth-order valence-electron chi connectivity index (χ4n) is 4.70. The Morgan fingerprint density at radius 2 is 1.40 bits per heavy atom. The van der Waals surface area contributed by atoms with Crippen LogP contribution >= 0.6 is 0 Å². The molecule has 1 aliphatic rings. The molecule has 30 heavy (non-hydrogen) atoms. The molecule has 2 aromatic rings. The van der Waals surface area contributed by atoms with Crippen molar-refractivity contribution in [2.75, 3.05) is 6.67 Å². The first-order valence-electron chi connectivity index (χ1n) is 12.2. The lowest BCUT2D eigenvalue weighted by molar-refractivity contribution is 0.296. The largest absolute Gasteiger partial charge is 0.251 e. The van der Waals surface area contributed by atoms with Crippen LogP contribution in [0.3, 0.4) is 0 Å². The number of halogens is 1. The number of rotatable bonds is 11. The van der Waals surface area contributed by atoms with Gasteiger partial charge in [0, 0.05) is 0 Å². The molecule has 3 rings (SSSR count). The van der Waals surface area contributed by atoms with Crippen molar-refractivity contribution in [1.29, 1.82) is 0 Å². The van der Waals surface area contributed by atoms with Crippen LogP contribution in [0.2, 0.25) is 0 Å². The van der Waals surface area contributed by atoms with Crippen molar-refractivity contribution in [3.8, 4) is 11.1 Å². The lowest BCUT2D eigenvalue weighted by Crippen LogP contribution is -2.13. The van der Waals surface area contributed by atoms with Gasteiger partial charge in [0.2, 0.25) is 0 Å². The molecular weight excluding hydrogens is 367 g/mol. The second kappa shape index (κ2) is 12.7. The molecular formula is C29H39F. The van der Waals surface area contributed by atoms with Crippen LogP contribution in [0.4, 0.5) is 4.39 Å². The van der Waals surface area contributed by atoms with Crippen LogP contribution in [0, 0.1) is 11.8 Å². The van der Waals surface area contributed by atoms with Crippen LogP contribution < -0.4 is 0 Å². The molecule has 0 radical (unpaired) electrons. The van der Waals surface area contributed by atoms with Crippen molar-refractivity contribution in [2.24, 2.45) is 11.8 Å². The fourth-order valence-corrected chi connectivity index (χ4v) is 4.70. The number of allylic oxidation sites excluding steroid dienone is 2. The van der Waals surface area contributed by atoms with Gasteiger partial charge >= 0.3 is 0 Å². The highest BCUT2D eigenvalue weighted by molar-refractivity contribution is 5.64. The van der Waals surface area contributed by atoms with E-state index in [1.54, 1.807) is 0 Å². The lowest BCUT2D eigenvalue weighted by Gasteiger charge is -2.26. The van der Waals surface area contributed by atoms with Gasteiger partial charge in [-0.2, -0.15) is 0 Å². The minimum atomic E-state index is -0.227. The highest BCUT2D eigenvalue weighted by Crippen LogP contribution is 2.32. The summed E-state index contributed by atoms with van der Waals surface area (Å²) < 4.78 is 12.2. The Morgan fingerprint density at radius 3 is 1.97 bits per heavy atom. The first kappa shape index (κ1) is 22.8. The third kappa shape index (κ3) is 7.42. The maximum absolute atomic E-state index is 12.2. The molecule has 0 heterocycles. The molecule has 1 fully saturated rings. The van der Waals surface area contributed by atoms with Crippen molar-refractivity contribution >= 4 is 0 Å². The SMILES string of the molecule is CCCCCc1ccc(-c2ccc(CCC3CCC(C=CCCF)CC3)cc2)cc1. The second-order valence-electron chi connectivity index (χ2n) is 9.08. The molecule has 1 heteroatoms. The molecule has 0 unspecified atom stereocenters. The third-order valence-corrected chi connectivity index (χ3v) is 6.73. The van der Waals surface area contributed by atoms with Crippen molar-refractivity contribution in [3.05, 3.63) is 71.8 Å². The molecule has 0 nitrogen and oxygen atoms in total. The van der Waals surface area contributed by atoms with E-state index in [1.807, 2.05) is 6.08 Å². The summed E-state index contributed by atoms with van der Waals surface area (Å²) in [7, 11) is 0. The summed E-state index contributed by atoms with van der Waals surface area (Å²) in [5.74, 6) is 1.54. The van der Waals surface area contributed by atoms with E-state index in [-0.39, 0.29) is 6.67 Å². The molecule has 1 aliphatic carbocycles. The zero-order valence-electron chi connectivity index (χ0n) is 18.8. The van der Waals surface area contributed by atoms with Gasteiger partial charge in [-0.25, -0.2) is 0 Å². The quantitative estimate of drug-likeness (QED) is 0.258. The maximum Gasteiger partial charge on any atom is 0.0928 e. The Hall–Kier alpha value is -1.89. The molecule has 0 aromatic heterocycles. The average Bonchev–Trinajstić information content (AvgIpc) is 2.80. The van der Waals surface area contributed by atoms with Crippen LogP contribution in [-0.2, 0) is 12.8 Å². The molecule has 0 amide bonds. The van der Waals surface area contributed by atoms with E-state index in [2.05, 4.69) is 61.5 Å². The molecule has 162 valence electrons. The molecule has 0 atom stereocenters. The monoisotopic (exact) mass is 406 g/mol. The van der Waals surface area contributed by atoms with Crippen LogP contribution in [-0.4, -0.2) is 6.67 Å². The predicted molar refractivity (Wildman–Crippen MR) is 129 cm³/mol. The molecule has 0 spiro atoms. The fraction of sp³-hybridized carbons (Fsp3) is 0.517. The summed E-state index contributed by atoms with van der Waals surface area (Å²) in [5, 5.41) is 0. The Balaban J connectivity index is 1.43. The number of unbranched alkanes of at least 4 members (excludes halogenated alkanes) is 2. The maximum atomic E-state index is 12.2. The third-order valence-electron chi connectivity index (χ3n) is 6.73. The average molecular weight is 407 g/mol. The van der Waals surface area contributed by atoms with E-state index in [0.29, 0.717) is 12.3 Å². The van der Waals surface area contributed by atoms with Gasteiger partial charge in [0.25, 0.3) is 0 Å². The summed E-state index contributed by atoms with van der Waals surface area (Å²) in [6, 6.07) is 18.3. The predicted octanol–water partition coefficient (Wildman–Crippen LogP) is 8.74. The Morgan fingerprint density at radius 1 is 0.800 bits per heavy atom. The summed E-state index contributed by atoms with van der Waals surface area (Å²) in [4.78, 5) is 0. The first-order valence-corrected chi connectivity index (χ1v) is 12.2. The van der Waals surface area contributed by atoms with E-state index in [0.717, 1.165) is 5.92 Å². The summed E-state index contributed by atoms with van der Waals surface area (Å²) in [5.41, 5.74) is 5.55. The number of hydrogen-bond donors (Lipinski definition) is 0. The van der Waals surface area contributed by atoms with Crippen molar-refractivity contribution in [3.63, 3.8) is 0 Å². The van der Waals surface area contributed by atoms with Gasteiger partial charge in [0.05, 0.1) is 6.67 Å². The molecule has 0 N–H and O–H groups in total. The van der Waals surface area contributed by atoms with Crippen LogP contribution in [0.25, 0.3) is 11.1 Å². The normalized spacial score (nSPS) is 19.4. The molecule has 0 bridgehead atoms. The van der Waals surface area contributed by atoms with E-state index >= 15 is 0 Å². The van der Waals surface area contributed by atoms with Crippen molar-refractivity contribution < 1.29 is 4.39 Å². The van der Waals surface area contributed by atoms with Gasteiger partial charge in [0.15, 0.2) is 0 Å². The highest BCUT2D eigenvalue weighted by atomic mass is 19.1. The van der Waals surface area contributed by atoms with Gasteiger partial charge < -0.3 is 0 Å². The number of alkyl halides is 1.